The van der Waals surface area contributed by atoms with Gasteiger partial charge in [0.05, 0.1) is 13.0 Å². The monoisotopic (exact) mass is 168 g/mol. The van der Waals surface area contributed by atoms with E-state index in [0.717, 1.165) is 6.42 Å². The highest BCUT2D eigenvalue weighted by molar-refractivity contribution is 5.77. The molecule has 0 N–H and O–H groups in total. The number of carbonyl (C=O) groups is 1. The second-order valence-electron chi connectivity index (χ2n) is 3.95. The Hall–Kier alpha value is -0.790. The maximum Gasteiger partial charge on any atom is 0.309 e. The lowest BCUT2D eigenvalue weighted by molar-refractivity contribution is -0.143. The lowest BCUT2D eigenvalue weighted by Crippen LogP contribution is -2.07. The van der Waals surface area contributed by atoms with Crippen LogP contribution < -0.4 is 0 Å². The topological polar surface area (TPSA) is 26.3 Å². The first-order valence-corrected chi connectivity index (χ1v) is 4.24. The van der Waals surface area contributed by atoms with Gasteiger partial charge in [0.2, 0.25) is 0 Å². The van der Waals surface area contributed by atoms with Crippen molar-refractivity contribution >= 4 is 5.97 Å². The largest absolute Gasteiger partial charge is 0.469 e. The van der Waals surface area contributed by atoms with Crippen LogP contribution >= 0.6 is 0 Å². The fourth-order valence-corrected chi connectivity index (χ4v) is 1.96. The van der Waals surface area contributed by atoms with Crippen LogP contribution in [-0.4, -0.2) is 13.1 Å². The smallest absolute Gasteiger partial charge is 0.309 e. The molecule has 2 nitrogen and oxygen atoms in total. The molecule has 0 aliphatic heterocycles. The van der Waals surface area contributed by atoms with E-state index in [9.17, 15) is 4.79 Å². The third kappa shape index (κ3) is 1.26. The first kappa shape index (κ1) is 9.30. The zero-order valence-electron chi connectivity index (χ0n) is 7.96. The van der Waals surface area contributed by atoms with Crippen LogP contribution in [0.15, 0.2) is 12.7 Å². The Labute approximate surface area is 73.6 Å². The first-order chi connectivity index (χ1) is 5.55. The van der Waals surface area contributed by atoms with Crippen molar-refractivity contribution in [3.63, 3.8) is 0 Å². The van der Waals surface area contributed by atoms with Crippen molar-refractivity contribution in [2.75, 3.05) is 7.11 Å². The van der Waals surface area contributed by atoms with Crippen molar-refractivity contribution in [2.45, 2.75) is 20.3 Å². The summed E-state index contributed by atoms with van der Waals surface area (Å²) >= 11 is 0. The highest BCUT2D eigenvalue weighted by Gasteiger charge is 2.61. The molecule has 0 radical (unpaired) electrons. The average Bonchev–Trinajstić information content (AvgIpc) is 2.53. The summed E-state index contributed by atoms with van der Waals surface area (Å²) < 4.78 is 4.71. The van der Waals surface area contributed by atoms with Crippen LogP contribution in [0.25, 0.3) is 0 Å². The predicted molar refractivity (Wildman–Crippen MR) is 47.6 cm³/mol. The molecule has 0 amide bonds. The van der Waals surface area contributed by atoms with E-state index < -0.39 is 0 Å². The molecule has 1 aliphatic rings. The molecule has 0 aromatic carbocycles. The number of carbonyl (C=O) groups excluding carboxylic acids is 1. The molecule has 0 aromatic heterocycles. The fraction of sp³-hybridized carbons (Fsp3) is 0.700. The molecular weight excluding hydrogens is 152 g/mol. The van der Waals surface area contributed by atoms with Crippen molar-refractivity contribution < 1.29 is 9.53 Å². The van der Waals surface area contributed by atoms with E-state index in [1.165, 1.54) is 7.11 Å². The van der Waals surface area contributed by atoms with Crippen LogP contribution in [-0.2, 0) is 9.53 Å². The van der Waals surface area contributed by atoms with Crippen LogP contribution in [0.5, 0.6) is 0 Å². The minimum Gasteiger partial charge on any atom is -0.469 e. The number of allylic oxidation sites excluding steroid dienone is 1. The standard InChI is InChI=1S/C10H16O2/c1-5-6-7-8(9(11)12-4)10(7,2)3/h5,7-8H,1,6H2,2-4H3. The van der Waals surface area contributed by atoms with E-state index >= 15 is 0 Å². The van der Waals surface area contributed by atoms with Crippen molar-refractivity contribution in [1.82, 2.24) is 0 Å². The summed E-state index contributed by atoms with van der Waals surface area (Å²) in [6, 6.07) is 0. The molecule has 68 valence electrons. The van der Waals surface area contributed by atoms with E-state index in [-0.39, 0.29) is 17.3 Å². The second-order valence-corrected chi connectivity index (χ2v) is 3.95. The summed E-state index contributed by atoms with van der Waals surface area (Å²) in [5.74, 6) is 0.440. The maximum absolute atomic E-state index is 11.2. The van der Waals surface area contributed by atoms with Gasteiger partial charge < -0.3 is 4.74 Å². The number of rotatable bonds is 3. The van der Waals surface area contributed by atoms with Gasteiger partial charge in [0.25, 0.3) is 0 Å². The van der Waals surface area contributed by atoms with Gasteiger partial charge in [-0.1, -0.05) is 19.9 Å². The van der Waals surface area contributed by atoms with E-state index in [2.05, 4.69) is 20.4 Å². The number of ether oxygens (including phenoxy) is 1. The Kier molecular flexibility index (Phi) is 2.27. The molecule has 2 heteroatoms. The molecule has 0 aromatic rings. The molecule has 1 rings (SSSR count). The summed E-state index contributed by atoms with van der Waals surface area (Å²) in [6.07, 6.45) is 2.78. The number of hydrogen-bond donors (Lipinski definition) is 0. The summed E-state index contributed by atoms with van der Waals surface area (Å²) in [4.78, 5) is 11.2. The van der Waals surface area contributed by atoms with Crippen molar-refractivity contribution in [3.05, 3.63) is 12.7 Å². The Morgan fingerprint density at radius 1 is 1.67 bits per heavy atom. The molecular formula is C10H16O2. The third-order valence-electron chi connectivity index (χ3n) is 2.93. The molecule has 1 fully saturated rings. The van der Waals surface area contributed by atoms with Crippen LogP contribution in [0.3, 0.4) is 0 Å². The van der Waals surface area contributed by atoms with E-state index in [1.54, 1.807) is 0 Å². The number of esters is 1. The van der Waals surface area contributed by atoms with Gasteiger partial charge in [-0.2, -0.15) is 0 Å². The highest BCUT2D eigenvalue weighted by atomic mass is 16.5. The number of hydrogen-bond acceptors (Lipinski definition) is 2. The number of methoxy groups -OCH3 is 1. The van der Waals surface area contributed by atoms with Gasteiger partial charge in [-0.05, 0) is 17.8 Å². The van der Waals surface area contributed by atoms with E-state index in [0.29, 0.717) is 5.92 Å². The Morgan fingerprint density at radius 3 is 2.67 bits per heavy atom. The SMILES string of the molecule is C=CCC1C(C(=O)OC)C1(C)C. The summed E-state index contributed by atoms with van der Waals surface area (Å²) in [6.45, 7) is 7.87. The third-order valence-corrected chi connectivity index (χ3v) is 2.93. The summed E-state index contributed by atoms with van der Waals surface area (Å²) in [5, 5.41) is 0. The van der Waals surface area contributed by atoms with E-state index in [4.69, 9.17) is 4.74 Å². The Balaban J connectivity index is 2.59. The highest BCUT2D eigenvalue weighted by Crippen LogP contribution is 2.60. The molecule has 1 aliphatic carbocycles. The van der Waals surface area contributed by atoms with Gasteiger partial charge in [0, 0.05) is 0 Å². The lowest BCUT2D eigenvalue weighted by Gasteiger charge is -1.99. The van der Waals surface area contributed by atoms with E-state index in [1.807, 2.05) is 6.08 Å². The summed E-state index contributed by atoms with van der Waals surface area (Å²) in [5.41, 5.74) is 0.112. The predicted octanol–water partition coefficient (Wildman–Crippen LogP) is 2.01. The molecule has 12 heavy (non-hydrogen) atoms. The average molecular weight is 168 g/mol. The van der Waals surface area contributed by atoms with Gasteiger partial charge in [-0.15, -0.1) is 6.58 Å². The minimum atomic E-state index is -0.0770. The van der Waals surface area contributed by atoms with Gasteiger partial charge in [-0.25, -0.2) is 0 Å². The minimum absolute atomic E-state index is 0.0770. The second kappa shape index (κ2) is 2.92. The molecule has 0 bridgehead atoms. The molecule has 0 heterocycles. The molecule has 0 saturated heterocycles. The fourth-order valence-electron chi connectivity index (χ4n) is 1.96. The van der Waals surface area contributed by atoms with Crippen molar-refractivity contribution in [2.24, 2.45) is 17.3 Å². The van der Waals surface area contributed by atoms with Gasteiger partial charge in [0.1, 0.15) is 0 Å². The van der Waals surface area contributed by atoms with Crippen LogP contribution in [0.2, 0.25) is 0 Å². The zero-order chi connectivity index (χ0) is 9.35. The normalized spacial score (nSPS) is 30.9. The quantitative estimate of drug-likeness (QED) is 0.476. The Bertz CT molecular complexity index is 206. The lowest BCUT2D eigenvalue weighted by atomic mass is 10.1. The van der Waals surface area contributed by atoms with Crippen LogP contribution in [0.1, 0.15) is 20.3 Å². The molecule has 0 spiro atoms. The molecule has 1 saturated carbocycles. The van der Waals surface area contributed by atoms with Crippen molar-refractivity contribution in [1.29, 1.82) is 0 Å². The maximum atomic E-state index is 11.2. The van der Waals surface area contributed by atoms with Crippen LogP contribution in [0, 0.1) is 17.3 Å². The zero-order valence-corrected chi connectivity index (χ0v) is 7.96. The summed E-state index contributed by atoms with van der Waals surface area (Å²) in [7, 11) is 1.45. The van der Waals surface area contributed by atoms with Crippen molar-refractivity contribution in [3.8, 4) is 0 Å². The molecule has 2 unspecified atom stereocenters. The van der Waals surface area contributed by atoms with Gasteiger partial charge >= 0.3 is 5.97 Å². The molecule has 2 atom stereocenters. The van der Waals surface area contributed by atoms with Gasteiger partial charge in [0.15, 0.2) is 0 Å². The van der Waals surface area contributed by atoms with Crippen LogP contribution in [0.4, 0.5) is 0 Å². The Morgan fingerprint density at radius 2 is 2.25 bits per heavy atom. The van der Waals surface area contributed by atoms with Gasteiger partial charge in [-0.3, -0.25) is 4.79 Å². The first-order valence-electron chi connectivity index (χ1n) is 4.24.